The van der Waals surface area contributed by atoms with Gasteiger partial charge in [-0.2, -0.15) is 0 Å². The van der Waals surface area contributed by atoms with Gasteiger partial charge >= 0.3 is 6.09 Å². The van der Waals surface area contributed by atoms with Gasteiger partial charge in [-0.25, -0.2) is 13.6 Å². The topological polar surface area (TPSA) is 167 Å². The number of nitrogens with one attached hydrogen (secondary N) is 2. The predicted molar refractivity (Wildman–Crippen MR) is 147 cm³/mol. The molecule has 1 saturated carbocycles. The van der Waals surface area contributed by atoms with Gasteiger partial charge in [0.1, 0.15) is 17.3 Å². The molecular weight excluding hydrogens is 554 g/mol. The number of hydrogen-bond acceptors (Lipinski definition) is 8. The van der Waals surface area contributed by atoms with Gasteiger partial charge in [-0.05, 0) is 12.8 Å². The van der Waals surface area contributed by atoms with Crippen LogP contribution < -0.4 is 26.3 Å². The molecule has 1 aliphatic carbocycles. The Morgan fingerprint density at radius 1 is 1.17 bits per heavy atom. The van der Waals surface area contributed by atoms with Crippen LogP contribution in [0.5, 0.6) is 0 Å². The first-order valence-corrected chi connectivity index (χ1v) is 13.4. The number of rotatable bonds is 8. The number of halogens is 2. The highest BCUT2D eigenvalue weighted by molar-refractivity contribution is 5.90. The molecule has 0 radical (unpaired) electrons. The fourth-order valence-corrected chi connectivity index (χ4v) is 4.63. The third-order valence-electron chi connectivity index (χ3n) is 6.93. The van der Waals surface area contributed by atoms with E-state index in [1.54, 1.807) is 34.5 Å². The van der Waals surface area contributed by atoms with Crippen molar-refractivity contribution in [3.8, 4) is 0 Å². The van der Waals surface area contributed by atoms with E-state index in [0.29, 0.717) is 13.1 Å². The summed E-state index contributed by atoms with van der Waals surface area (Å²) in [6.07, 6.45) is 8.57. The Balaban J connectivity index is 0.00000129. The minimum Gasteiger partial charge on any atom is -0.442 e. The molecule has 3 fully saturated rings. The van der Waals surface area contributed by atoms with Crippen molar-refractivity contribution in [3.05, 3.63) is 53.9 Å². The zero-order chi connectivity index (χ0) is 30.2. The zero-order valence-electron chi connectivity index (χ0n) is 22.7. The van der Waals surface area contributed by atoms with Crippen molar-refractivity contribution >= 4 is 41.9 Å². The van der Waals surface area contributed by atoms with Gasteiger partial charge in [0.25, 0.3) is 0 Å². The van der Waals surface area contributed by atoms with Crippen molar-refractivity contribution in [1.82, 2.24) is 19.8 Å². The lowest BCUT2D eigenvalue weighted by Crippen LogP contribution is -2.49. The second kappa shape index (κ2) is 13.7. The second-order valence-electron chi connectivity index (χ2n) is 9.86. The summed E-state index contributed by atoms with van der Waals surface area (Å²) in [6.45, 7) is 1.30. The highest BCUT2D eigenvalue weighted by atomic mass is 19.1. The van der Waals surface area contributed by atoms with Gasteiger partial charge < -0.3 is 30.2 Å². The van der Waals surface area contributed by atoms with Crippen molar-refractivity contribution in [2.75, 3.05) is 49.1 Å². The number of nitrogens with two attached hydrogens (primary N) is 1. The molecule has 1 unspecified atom stereocenters. The number of anilines is 2. The van der Waals surface area contributed by atoms with E-state index in [9.17, 15) is 14.4 Å². The molecule has 2 aliphatic heterocycles. The number of carbonyl (C=O) groups is 4. The Hall–Kier alpha value is -4.82. The maximum atomic E-state index is 15.1. The number of nitrogens with zero attached hydrogens (tertiary/aromatic N) is 5. The number of benzene rings is 1. The van der Waals surface area contributed by atoms with Crippen LogP contribution >= 0.6 is 0 Å². The summed E-state index contributed by atoms with van der Waals surface area (Å²) < 4.78 is 37.0. The molecule has 2 aromatic rings. The van der Waals surface area contributed by atoms with Crippen LogP contribution in [-0.2, 0) is 19.1 Å². The van der Waals surface area contributed by atoms with Crippen molar-refractivity contribution in [3.63, 3.8) is 0 Å². The van der Waals surface area contributed by atoms with Gasteiger partial charge in [0, 0.05) is 69.2 Å². The van der Waals surface area contributed by atoms with Crippen molar-refractivity contribution in [2.24, 2.45) is 11.7 Å². The molecule has 13 nitrogen and oxygen atoms in total. The van der Waals surface area contributed by atoms with E-state index in [4.69, 9.17) is 14.9 Å². The molecule has 42 heavy (non-hydrogen) atoms. The van der Waals surface area contributed by atoms with Gasteiger partial charge in [-0.3, -0.25) is 29.7 Å². The second-order valence-corrected chi connectivity index (χ2v) is 9.86. The van der Waals surface area contributed by atoms with Gasteiger partial charge in [0.2, 0.25) is 18.2 Å². The number of aromatic nitrogens is 2. The third kappa shape index (κ3) is 7.47. The molecule has 0 spiro atoms. The summed E-state index contributed by atoms with van der Waals surface area (Å²) in [4.78, 5) is 53.5. The van der Waals surface area contributed by atoms with Gasteiger partial charge in [-0.15, -0.1) is 0 Å². The Labute approximate surface area is 240 Å². The third-order valence-corrected chi connectivity index (χ3v) is 6.93. The average Bonchev–Trinajstić information content (AvgIpc) is 3.75. The van der Waals surface area contributed by atoms with E-state index in [0.717, 1.165) is 29.9 Å². The molecule has 1 aromatic carbocycles. The lowest BCUT2D eigenvalue weighted by atomic mass is 10.2. The molecule has 2 saturated heterocycles. The smallest absolute Gasteiger partial charge is 0.414 e. The summed E-state index contributed by atoms with van der Waals surface area (Å²) in [7, 11) is 0. The molecule has 5 rings (SSSR count). The molecule has 1 atom stereocenters. The molecule has 15 heteroatoms. The van der Waals surface area contributed by atoms with Gasteiger partial charge in [-0.1, -0.05) is 6.08 Å². The van der Waals surface area contributed by atoms with Crippen LogP contribution in [0, 0.1) is 23.0 Å². The summed E-state index contributed by atoms with van der Waals surface area (Å²) >= 11 is 0. The quantitative estimate of drug-likeness (QED) is 0.385. The van der Waals surface area contributed by atoms with Crippen molar-refractivity contribution in [2.45, 2.75) is 25.4 Å². The van der Waals surface area contributed by atoms with Crippen LogP contribution in [0.2, 0.25) is 0 Å². The number of cyclic esters (lactones) is 1. The number of piperazine rings is 1. The van der Waals surface area contributed by atoms with Crippen LogP contribution in [0.1, 0.15) is 19.3 Å². The van der Waals surface area contributed by atoms with E-state index in [1.165, 1.54) is 10.8 Å². The van der Waals surface area contributed by atoms with E-state index in [2.05, 4.69) is 16.0 Å². The Morgan fingerprint density at radius 3 is 2.45 bits per heavy atom. The summed E-state index contributed by atoms with van der Waals surface area (Å²) in [5, 5.41) is 10.5. The Kier molecular flexibility index (Phi) is 9.83. The van der Waals surface area contributed by atoms with E-state index in [1.807, 2.05) is 0 Å². The molecule has 3 heterocycles. The number of carbonyl (C=O) groups excluding carboxylic acids is 4. The van der Waals surface area contributed by atoms with Crippen LogP contribution in [0.25, 0.3) is 6.20 Å². The standard InChI is InChI=1S/C26H29F2N7O4.CH3NO/c27-20-12-18(35-16-19(39-26(35)38)14-31-25(37)17-3-4-17)13-21(28)24(20)34-10-8-33(9-11-34)23(36)2-1-6-32-7-5-30-15-22(32)29;2-1-3/h1,5-7,12-13,15,17,19,29H,2-4,8-11,14,16H2,(H,31,37);1H,(H2,2,3)/b6-1+,29-22?;. The molecule has 1 aromatic heterocycles. The highest BCUT2D eigenvalue weighted by Crippen LogP contribution is 2.32. The molecule has 4 amide bonds. The minimum atomic E-state index is -0.813. The molecule has 4 N–H and O–H groups in total. The predicted octanol–water partition coefficient (Wildman–Crippen LogP) is 0.803. The monoisotopic (exact) mass is 586 g/mol. The Bertz CT molecular complexity index is 1380. The Morgan fingerprint density at radius 2 is 1.83 bits per heavy atom. The van der Waals surface area contributed by atoms with Gasteiger partial charge in [0.15, 0.2) is 11.6 Å². The summed E-state index contributed by atoms with van der Waals surface area (Å²) in [5.41, 5.74) is 4.19. The first-order chi connectivity index (χ1) is 20.2. The SMILES string of the molecule is N=c1cnccn1/C=C/CC(=O)N1CCN(c2c(F)cc(N3CC(CNC(=O)C4CC4)OC3=O)cc2F)CC1.NC=O. The number of hydrogen-bond donors (Lipinski definition) is 3. The first kappa shape index (κ1) is 30.1. The summed E-state index contributed by atoms with van der Waals surface area (Å²) in [6, 6.07) is 2.20. The average molecular weight is 587 g/mol. The van der Waals surface area contributed by atoms with Gasteiger partial charge in [0.05, 0.1) is 25.0 Å². The van der Waals surface area contributed by atoms with Crippen molar-refractivity contribution < 1.29 is 32.7 Å². The number of amides is 4. The largest absolute Gasteiger partial charge is 0.442 e. The maximum absolute atomic E-state index is 15.1. The molecule has 224 valence electrons. The van der Waals surface area contributed by atoms with Crippen LogP contribution in [0.3, 0.4) is 0 Å². The fourth-order valence-electron chi connectivity index (χ4n) is 4.63. The van der Waals surface area contributed by atoms with E-state index in [-0.39, 0.29) is 73.6 Å². The van der Waals surface area contributed by atoms with E-state index >= 15 is 8.78 Å². The molecule has 0 bridgehead atoms. The first-order valence-electron chi connectivity index (χ1n) is 13.4. The van der Waals surface area contributed by atoms with Crippen LogP contribution in [0.4, 0.5) is 25.0 Å². The van der Waals surface area contributed by atoms with E-state index < -0.39 is 23.8 Å². The van der Waals surface area contributed by atoms with Crippen molar-refractivity contribution in [1.29, 1.82) is 5.41 Å². The lowest BCUT2D eigenvalue weighted by Gasteiger charge is -2.36. The maximum Gasteiger partial charge on any atom is 0.414 e. The highest BCUT2D eigenvalue weighted by Gasteiger charge is 2.36. The van der Waals surface area contributed by atoms with Crippen LogP contribution in [-0.4, -0.2) is 84.1 Å². The molecule has 3 aliphatic rings. The normalized spacial score (nSPS) is 18.4. The van der Waals surface area contributed by atoms with Crippen LogP contribution in [0.15, 0.2) is 36.8 Å². The number of primary amides is 1. The molecular formula is C27H32F2N8O5. The zero-order valence-corrected chi connectivity index (χ0v) is 22.7. The summed E-state index contributed by atoms with van der Waals surface area (Å²) in [5.74, 6) is -1.80. The fraction of sp³-hybridized carbons (Fsp3) is 0.407. The number of ether oxygens (including phenoxy) is 1. The minimum absolute atomic E-state index is 0.0279. The lowest BCUT2D eigenvalue weighted by molar-refractivity contribution is -0.130.